The first-order chi connectivity index (χ1) is 12.3. The molecule has 0 N–H and O–H groups in total. The standard InChI is InChI=1S/C17H20O8S/c18-7-17-6-10(2-4-13(17)16(21)24-8-17)26(22,23)9-1-3-11-12(5-9)15(20)25-14(11)19/h7,9-13H,1-6,8H2. The van der Waals surface area contributed by atoms with Gasteiger partial charge in [0.25, 0.3) is 0 Å². The van der Waals surface area contributed by atoms with Crippen molar-refractivity contribution in [2.45, 2.75) is 49.0 Å². The molecule has 4 rings (SSSR count). The molecule has 0 amide bonds. The van der Waals surface area contributed by atoms with Crippen molar-refractivity contribution in [2.24, 2.45) is 23.2 Å². The van der Waals surface area contributed by atoms with Gasteiger partial charge in [-0.15, -0.1) is 0 Å². The molecule has 4 aliphatic rings. The minimum Gasteiger partial charge on any atom is -0.464 e. The van der Waals surface area contributed by atoms with Gasteiger partial charge in [0.1, 0.15) is 12.9 Å². The number of hydrogen-bond donors (Lipinski definition) is 0. The number of ether oxygens (including phenoxy) is 2. The molecule has 2 saturated carbocycles. The first-order valence-electron chi connectivity index (χ1n) is 8.90. The lowest BCUT2D eigenvalue weighted by atomic mass is 9.69. The first kappa shape index (κ1) is 17.6. The fraction of sp³-hybridized carbons (Fsp3) is 0.765. The Kier molecular flexibility index (Phi) is 3.98. The van der Waals surface area contributed by atoms with E-state index >= 15 is 0 Å². The van der Waals surface area contributed by atoms with Gasteiger partial charge in [0.2, 0.25) is 0 Å². The normalized spacial score (nSPS) is 42.6. The van der Waals surface area contributed by atoms with Crippen molar-refractivity contribution < 1.29 is 37.1 Å². The van der Waals surface area contributed by atoms with E-state index < -0.39 is 61.4 Å². The molecular formula is C17H20O8S. The number of esters is 3. The molecule has 8 nitrogen and oxygen atoms in total. The largest absolute Gasteiger partial charge is 0.464 e. The lowest BCUT2D eigenvalue weighted by Crippen LogP contribution is -2.47. The van der Waals surface area contributed by atoms with E-state index in [9.17, 15) is 27.6 Å². The number of cyclic esters (lactones) is 3. The van der Waals surface area contributed by atoms with Gasteiger partial charge in [0.15, 0.2) is 9.84 Å². The summed E-state index contributed by atoms with van der Waals surface area (Å²) in [5, 5.41) is -1.47. The minimum absolute atomic E-state index is 0.0672. The van der Waals surface area contributed by atoms with Crippen LogP contribution in [0.4, 0.5) is 0 Å². The molecule has 0 aromatic carbocycles. The highest BCUT2D eigenvalue weighted by atomic mass is 32.2. The molecule has 0 aromatic rings. The molecular weight excluding hydrogens is 364 g/mol. The molecule has 2 saturated heterocycles. The molecule has 0 bridgehead atoms. The molecule has 0 spiro atoms. The van der Waals surface area contributed by atoms with Crippen LogP contribution in [0.5, 0.6) is 0 Å². The van der Waals surface area contributed by atoms with Crippen LogP contribution in [-0.4, -0.2) is 49.7 Å². The predicted octanol–water partition coefficient (Wildman–Crippen LogP) is 0.180. The van der Waals surface area contributed by atoms with Crippen LogP contribution in [0.3, 0.4) is 0 Å². The second-order valence-corrected chi connectivity index (χ2v) is 10.4. The summed E-state index contributed by atoms with van der Waals surface area (Å²) < 4.78 is 36.0. The van der Waals surface area contributed by atoms with Crippen LogP contribution in [0.15, 0.2) is 0 Å². The Bertz CT molecular complexity index is 787. The summed E-state index contributed by atoms with van der Waals surface area (Å²) in [5.74, 6) is -3.42. The maximum absolute atomic E-state index is 13.2. The number of hydrogen-bond acceptors (Lipinski definition) is 8. The zero-order chi connectivity index (χ0) is 18.7. The van der Waals surface area contributed by atoms with E-state index in [2.05, 4.69) is 4.74 Å². The molecule has 26 heavy (non-hydrogen) atoms. The number of aldehydes is 1. The van der Waals surface area contributed by atoms with Gasteiger partial charge in [-0.3, -0.25) is 14.4 Å². The van der Waals surface area contributed by atoms with Crippen molar-refractivity contribution in [1.82, 2.24) is 0 Å². The van der Waals surface area contributed by atoms with Crippen LogP contribution in [0, 0.1) is 23.2 Å². The summed E-state index contributed by atoms with van der Waals surface area (Å²) in [5.41, 5.74) is -1.06. The lowest BCUT2D eigenvalue weighted by Gasteiger charge is -2.38. The minimum atomic E-state index is -3.61. The molecule has 142 valence electrons. The Labute approximate surface area is 150 Å². The molecule has 2 aliphatic heterocycles. The van der Waals surface area contributed by atoms with Gasteiger partial charge in [0, 0.05) is 0 Å². The highest BCUT2D eigenvalue weighted by Gasteiger charge is 2.57. The monoisotopic (exact) mass is 384 g/mol. The Morgan fingerprint density at radius 3 is 2.35 bits per heavy atom. The summed E-state index contributed by atoms with van der Waals surface area (Å²) in [4.78, 5) is 46.9. The van der Waals surface area contributed by atoms with Crippen molar-refractivity contribution in [3.63, 3.8) is 0 Å². The highest BCUT2D eigenvalue weighted by Crippen LogP contribution is 2.48. The van der Waals surface area contributed by atoms with Crippen LogP contribution in [0.2, 0.25) is 0 Å². The van der Waals surface area contributed by atoms with Crippen LogP contribution >= 0.6 is 0 Å². The van der Waals surface area contributed by atoms with E-state index in [0.29, 0.717) is 32.0 Å². The van der Waals surface area contributed by atoms with Crippen molar-refractivity contribution in [3.05, 3.63) is 0 Å². The summed E-state index contributed by atoms with van der Waals surface area (Å²) in [6.45, 7) is -0.0672. The third-order valence-corrected chi connectivity index (χ3v) is 9.31. The number of sulfone groups is 1. The number of carbonyl (C=O) groups is 4. The van der Waals surface area contributed by atoms with Gasteiger partial charge >= 0.3 is 17.9 Å². The third-order valence-electron chi connectivity index (χ3n) is 6.62. The molecule has 6 unspecified atom stereocenters. The van der Waals surface area contributed by atoms with E-state index in [4.69, 9.17) is 4.74 Å². The molecule has 0 aromatic heterocycles. The molecule has 2 heterocycles. The maximum atomic E-state index is 13.2. The van der Waals surface area contributed by atoms with Gasteiger partial charge in [-0.05, 0) is 38.5 Å². The molecule has 0 radical (unpaired) electrons. The van der Waals surface area contributed by atoms with Gasteiger partial charge in [-0.25, -0.2) is 8.42 Å². The lowest BCUT2D eigenvalue weighted by molar-refractivity contribution is -0.153. The average molecular weight is 384 g/mol. The van der Waals surface area contributed by atoms with Crippen molar-refractivity contribution in [1.29, 1.82) is 0 Å². The topological polar surface area (TPSA) is 121 Å². The molecule has 9 heteroatoms. The number of fused-ring (bicyclic) bond motifs is 2. The van der Waals surface area contributed by atoms with Crippen LogP contribution in [-0.2, 0) is 38.5 Å². The SMILES string of the molecule is O=CC12COC(=O)C1CCC(S(=O)(=O)C1CCC3C(=O)OC(=O)C3C1)C2. The summed E-state index contributed by atoms with van der Waals surface area (Å²) in [7, 11) is -3.61. The predicted molar refractivity (Wildman–Crippen MR) is 85.2 cm³/mol. The van der Waals surface area contributed by atoms with Crippen molar-refractivity contribution >= 4 is 34.0 Å². The maximum Gasteiger partial charge on any atom is 0.317 e. The van der Waals surface area contributed by atoms with Gasteiger partial charge in [-0.2, -0.15) is 0 Å². The van der Waals surface area contributed by atoms with E-state index in [1.54, 1.807) is 0 Å². The summed E-state index contributed by atoms with van der Waals surface area (Å²) >= 11 is 0. The zero-order valence-electron chi connectivity index (χ0n) is 14.1. The molecule has 6 atom stereocenters. The van der Waals surface area contributed by atoms with Crippen molar-refractivity contribution in [3.8, 4) is 0 Å². The third kappa shape index (κ3) is 2.43. The summed E-state index contributed by atoms with van der Waals surface area (Å²) in [6.07, 6.45) is 2.05. The van der Waals surface area contributed by atoms with Gasteiger partial charge in [0.05, 0.1) is 33.7 Å². The highest BCUT2D eigenvalue weighted by molar-refractivity contribution is 7.92. The zero-order valence-corrected chi connectivity index (χ0v) is 14.9. The fourth-order valence-electron chi connectivity index (χ4n) is 5.07. The van der Waals surface area contributed by atoms with E-state index in [0.717, 1.165) is 0 Å². The van der Waals surface area contributed by atoms with Crippen LogP contribution in [0.1, 0.15) is 38.5 Å². The molecule has 2 aliphatic carbocycles. The summed E-state index contributed by atoms with van der Waals surface area (Å²) in [6, 6.07) is 0. The second kappa shape index (κ2) is 5.87. The Morgan fingerprint density at radius 1 is 0.923 bits per heavy atom. The molecule has 4 fully saturated rings. The Morgan fingerprint density at radius 2 is 1.62 bits per heavy atom. The second-order valence-electron chi connectivity index (χ2n) is 7.89. The van der Waals surface area contributed by atoms with E-state index in [1.807, 2.05) is 0 Å². The quantitative estimate of drug-likeness (QED) is 0.384. The van der Waals surface area contributed by atoms with Gasteiger partial charge in [-0.1, -0.05) is 0 Å². The number of rotatable bonds is 3. The fourth-order valence-corrected chi connectivity index (χ4v) is 7.56. The van der Waals surface area contributed by atoms with Gasteiger partial charge < -0.3 is 14.3 Å². The van der Waals surface area contributed by atoms with Crippen molar-refractivity contribution in [2.75, 3.05) is 6.61 Å². The number of carbonyl (C=O) groups excluding carboxylic acids is 4. The van der Waals surface area contributed by atoms with E-state index in [-0.39, 0.29) is 19.4 Å². The first-order valence-corrected chi connectivity index (χ1v) is 10.5. The Balaban J connectivity index is 1.54. The average Bonchev–Trinajstić information content (AvgIpc) is 3.12. The van der Waals surface area contributed by atoms with Crippen LogP contribution < -0.4 is 0 Å². The smallest absolute Gasteiger partial charge is 0.317 e. The Hall–Kier alpha value is -1.77. The van der Waals surface area contributed by atoms with E-state index in [1.165, 1.54) is 0 Å². The van der Waals surface area contributed by atoms with Crippen LogP contribution in [0.25, 0.3) is 0 Å².